The molecule has 6 nitrogen and oxygen atoms in total. The van der Waals surface area contributed by atoms with Gasteiger partial charge in [0, 0.05) is 47.3 Å². The Labute approximate surface area is 183 Å². The van der Waals surface area contributed by atoms with Gasteiger partial charge in [0.25, 0.3) is 5.91 Å². The van der Waals surface area contributed by atoms with Crippen molar-refractivity contribution in [3.8, 4) is 11.3 Å². The SMILES string of the molecule is CN(C(=O)c1cccc(-c2ccc3[nH]c(CN4CCC[C@@H]4CO)cc3c2)n1)C(C)(C)C. The van der Waals surface area contributed by atoms with Crippen molar-refractivity contribution < 1.29 is 9.90 Å². The number of nitrogens with zero attached hydrogens (tertiary/aromatic N) is 3. The maximum Gasteiger partial charge on any atom is 0.272 e. The molecule has 0 saturated carbocycles. The molecule has 1 aromatic carbocycles. The first kappa shape index (κ1) is 21.5. The molecule has 31 heavy (non-hydrogen) atoms. The van der Waals surface area contributed by atoms with E-state index in [9.17, 15) is 9.90 Å². The average molecular weight is 421 g/mol. The Morgan fingerprint density at radius 3 is 2.81 bits per heavy atom. The molecule has 4 rings (SSSR count). The lowest BCUT2D eigenvalue weighted by atomic mass is 10.1. The Balaban J connectivity index is 1.58. The number of carbonyl (C=O) groups is 1. The topological polar surface area (TPSA) is 72.5 Å². The average Bonchev–Trinajstić information content (AvgIpc) is 3.37. The van der Waals surface area contributed by atoms with E-state index in [4.69, 9.17) is 0 Å². The van der Waals surface area contributed by atoms with Crippen LogP contribution in [-0.4, -0.2) is 62.6 Å². The van der Waals surface area contributed by atoms with Gasteiger partial charge in [-0.2, -0.15) is 0 Å². The third kappa shape index (κ3) is 4.50. The fourth-order valence-corrected chi connectivity index (χ4v) is 4.16. The largest absolute Gasteiger partial charge is 0.395 e. The Kier molecular flexibility index (Phi) is 5.86. The molecule has 1 fully saturated rings. The van der Waals surface area contributed by atoms with Crippen LogP contribution in [0.3, 0.4) is 0 Å². The van der Waals surface area contributed by atoms with Crippen LogP contribution >= 0.6 is 0 Å². The number of aliphatic hydroxyl groups is 1. The molecule has 1 amide bonds. The number of aromatic nitrogens is 2. The summed E-state index contributed by atoms with van der Waals surface area (Å²) in [5.41, 5.74) is 4.20. The minimum Gasteiger partial charge on any atom is -0.395 e. The van der Waals surface area contributed by atoms with E-state index in [1.54, 1.807) is 11.0 Å². The number of rotatable bonds is 5. The first-order valence-electron chi connectivity index (χ1n) is 11.0. The quantitative estimate of drug-likeness (QED) is 0.653. The Hall–Kier alpha value is -2.70. The lowest BCUT2D eigenvalue weighted by Crippen LogP contribution is -2.42. The number of amides is 1. The standard InChI is InChI=1S/C25H32N4O2/c1-25(2,3)28(4)24(31)23-9-5-8-21(27-23)17-10-11-22-18(13-17)14-19(26-22)15-29-12-6-7-20(29)16-30/h5,8-11,13-14,20,26,30H,6-7,12,15-16H2,1-4H3/t20-/m1/s1. The number of fused-ring (bicyclic) bond motifs is 1. The van der Waals surface area contributed by atoms with Gasteiger partial charge in [0.05, 0.1) is 12.3 Å². The molecule has 1 saturated heterocycles. The normalized spacial score (nSPS) is 17.4. The van der Waals surface area contributed by atoms with Crippen molar-refractivity contribution in [1.29, 1.82) is 0 Å². The van der Waals surface area contributed by atoms with Gasteiger partial charge in [-0.3, -0.25) is 9.69 Å². The summed E-state index contributed by atoms with van der Waals surface area (Å²) in [6.45, 7) is 8.09. The van der Waals surface area contributed by atoms with Crippen molar-refractivity contribution in [3.63, 3.8) is 0 Å². The molecule has 2 aromatic heterocycles. The molecular formula is C25H32N4O2. The van der Waals surface area contributed by atoms with Crippen LogP contribution in [0.5, 0.6) is 0 Å². The smallest absolute Gasteiger partial charge is 0.272 e. The minimum atomic E-state index is -0.264. The highest BCUT2D eigenvalue weighted by atomic mass is 16.3. The van der Waals surface area contributed by atoms with Crippen LogP contribution < -0.4 is 0 Å². The maximum absolute atomic E-state index is 12.8. The highest BCUT2D eigenvalue weighted by Gasteiger charge is 2.25. The molecule has 0 bridgehead atoms. The van der Waals surface area contributed by atoms with Crippen molar-refractivity contribution in [3.05, 3.63) is 53.9 Å². The monoisotopic (exact) mass is 420 g/mol. The molecule has 0 radical (unpaired) electrons. The predicted molar refractivity (Wildman–Crippen MR) is 124 cm³/mol. The van der Waals surface area contributed by atoms with Gasteiger partial charge < -0.3 is 15.0 Å². The molecular weight excluding hydrogens is 388 g/mol. The number of benzene rings is 1. The van der Waals surface area contributed by atoms with Crippen molar-refractivity contribution in [1.82, 2.24) is 19.8 Å². The van der Waals surface area contributed by atoms with Crippen molar-refractivity contribution in [2.45, 2.75) is 51.7 Å². The maximum atomic E-state index is 12.8. The van der Waals surface area contributed by atoms with E-state index in [2.05, 4.69) is 33.1 Å². The molecule has 0 spiro atoms. The van der Waals surface area contributed by atoms with E-state index >= 15 is 0 Å². The zero-order chi connectivity index (χ0) is 22.2. The highest BCUT2D eigenvalue weighted by Crippen LogP contribution is 2.26. The number of hydrogen-bond donors (Lipinski definition) is 2. The minimum absolute atomic E-state index is 0.0802. The molecule has 0 unspecified atom stereocenters. The second kappa shape index (κ2) is 8.44. The number of nitrogens with one attached hydrogen (secondary N) is 1. The number of hydrogen-bond acceptors (Lipinski definition) is 4. The van der Waals surface area contributed by atoms with Crippen LogP contribution in [0.15, 0.2) is 42.5 Å². The van der Waals surface area contributed by atoms with Gasteiger partial charge in [0.2, 0.25) is 0 Å². The molecule has 6 heteroatoms. The number of pyridine rings is 1. The van der Waals surface area contributed by atoms with E-state index in [-0.39, 0.29) is 24.1 Å². The van der Waals surface area contributed by atoms with Crippen LogP contribution in [0.2, 0.25) is 0 Å². The van der Waals surface area contributed by atoms with E-state index in [0.717, 1.165) is 53.8 Å². The first-order chi connectivity index (χ1) is 14.8. The highest BCUT2D eigenvalue weighted by molar-refractivity contribution is 5.93. The van der Waals surface area contributed by atoms with E-state index < -0.39 is 0 Å². The summed E-state index contributed by atoms with van der Waals surface area (Å²) in [7, 11) is 1.81. The second-order valence-electron chi connectivity index (χ2n) is 9.49. The number of aliphatic hydroxyl groups excluding tert-OH is 1. The van der Waals surface area contributed by atoms with Crippen LogP contribution in [-0.2, 0) is 6.54 Å². The molecule has 1 aliphatic rings. The van der Waals surface area contributed by atoms with Gasteiger partial charge in [-0.05, 0) is 70.5 Å². The zero-order valence-electron chi connectivity index (χ0n) is 18.9. The predicted octanol–water partition coefficient (Wildman–Crippen LogP) is 4.06. The Morgan fingerprint density at radius 1 is 1.26 bits per heavy atom. The lowest BCUT2D eigenvalue weighted by molar-refractivity contribution is 0.0650. The molecule has 3 heterocycles. The number of aromatic amines is 1. The van der Waals surface area contributed by atoms with Gasteiger partial charge in [0.1, 0.15) is 5.69 Å². The third-order valence-electron chi connectivity index (χ3n) is 6.33. The summed E-state index contributed by atoms with van der Waals surface area (Å²) >= 11 is 0. The fraction of sp³-hybridized carbons (Fsp3) is 0.440. The number of carbonyl (C=O) groups excluding carboxylic acids is 1. The van der Waals surface area contributed by atoms with Gasteiger partial charge in [-0.15, -0.1) is 0 Å². The summed E-state index contributed by atoms with van der Waals surface area (Å²) in [4.78, 5) is 25.1. The summed E-state index contributed by atoms with van der Waals surface area (Å²) < 4.78 is 0. The van der Waals surface area contributed by atoms with Gasteiger partial charge >= 0.3 is 0 Å². The van der Waals surface area contributed by atoms with Crippen molar-refractivity contribution >= 4 is 16.8 Å². The molecule has 1 atom stereocenters. The van der Waals surface area contributed by atoms with E-state index in [1.807, 2.05) is 46.0 Å². The molecule has 164 valence electrons. The molecule has 1 aliphatic heterocycles. The second-order valence-corrected chi connectivity index (χ2v) is 9.49. The van der Waals surface area contributed by atoms with Gasteiger partial charge in [-0.1, -0.05) is 12.1 Å². The van der Waals surface area contributed by atoms with Crippen LogP contribution in [0.4, 0.5) is 0 Å². The zero-order valence-corrected chi connectivity index (χ0v) is 18.9. The first-order valence-corrected chi connectivity index (χ1v) is 11.0. The molecule has 3 aromatic rings. The molecule has 0 aliphatic carbocycles. The van der Waals surface area contributed by atoms with Crippen LogP contribution in [0, 0.1) is 0 Å². The van der Waals surface area contributed by atoms with Gasteiger partial charge in [0.15, 0.2) is 0 Å². The summed E-state index contributed by atoms with van der Waals surface area (Å²) in [6.07, 6.45) is 2.20. The lowest BCUT2D eigenvalue weighted by Gasteiger charge is -2.31. The number of likely N-dealkylation sites (tertiary alicyclic amines) is 1. The Bertz CT molecular complexity index is 1080. The van der Waals surface area contributed by atoms with Crippen LogP contribution in [0.25, 0.3) is 22.2 Å². The fourth-order valence-electron chi connectivity index (χ4n) is 4.16. The third-order valence-corrected chi connectivity index (χ3v) is 6.33. The van der Waals surface area contributed by atoms with Crippen molar-refractivity contribution in [2.75, 3.05) is 20.2 Å². The number of H-pyrrole nitrogens is 1. The molecule has 2 N–H and O–H groups in total. The van der Waals surface area contributed by atoms with E-state index in [0.29, 0.717) is 5.69 Å². The summed E-state index contributed by atoms with van der Waals surface area (Å²) in [6, 6.07) is 14.3. The van der Waals surface area contributed by atoms with Crippen molar-refractivity contribution in [2.24, 2.45) is 0 Å². The van der Waals surface area contributed by atoms with Crippen LogP contribution in [0.1, 0.15) is 49.8 Å². The summed E-state index contributed by atoms with van der Waals surface area (Å²) in [5.74, 6) is -0.0802. The summed E-state index contributed by atoms with van der Waals surface area (Å²) in [5, 5.41) is 10.7. The van der Waals surface area contributed by atoms with E-state index in [1.165, 1.54) is 0 Å². The van der Waals surface area contributed by atoms with Gasteiger partial charge in [-0.25, -0.2) is 4.98 Å². The Morgan fingerprint density at radius 2 is 2.06 bits per heavy atom.